The summed E-state index contributed by atoms with van der Waals surface area (Å²) in [5, 5.41) is 16.1. The van der Waals surface area contributed by atoms with Crippen molar-refractivity contribution in [3.05, 3.63) is 47.5 Å². The Hall–Kier alpha value is -2.69. The molecule has 108 valence electrons. The van der Waals surface area contributed by atoms with Crippen LogP contribution in [0.15, 0.2) is 36.4 Å². The average molecular weight is 284 g/mol. The third-order valence-electron chi connectivity index (χ3n) is 3.54. The molecule has 1 aliphatic rings. The lowest BCUT2D eigenvalue weighted by Gasteiger charge is -2.10. The third kappa shape index (κ3) is 2.50. The molecule has 0 fully saturated rings. The highest BCUT2D eigenvalue weighted by Crippen LogP contribution is 2.30. The summed E-state index contributed by atoms with van der Waals surface area (Å²) < 4.78 is 5.01. The molecule has 2 aromatic carbocycles. The maximum atomic E-state index is 12.3. The number of rotatable bonds is 3. The molecular weight excluding hydrogens is 268 g/mol. The van der Waals surface area contributed by atoms with Crippen molar-refractivity contribution in [1.82, 2.24) is 0 Å². The van der Waals surface area contributed by atoms with Crippen LogP contribution in [-0.4, -0.2) is 24.7 Å². The van der Waals surface area contributed by atoms with E-state index in [0.29, 0.717) is 5.69 Å². The third-order valence-corrected chi connectivity index (χ3v) is 3.54. The molecule has 5 heteroatoms. The summed E-state index contributed by atoms with van der Waals surface area (Å²) in [4.78, 5) is 12.3. The topological polar surface area (TPSA) is 70.6 Å². The van der Waals surface area contributed by atoms with E-state index in [1.54, 1.807) is 18.2 Å². The van der Waals surface area contributed by atoms with Crippen LogP contribution in [-0.2, 0) is 6.42 Å². The number of amides is 1. The second-order valence-electron chi connectivity index (χ2n) is 4.86. The Kier molecular flexibility index (Phi) is 3.39. The van der Waals surface area contributed by atoms with Gasteiger partial charge in [0.1, 0.15) is 0 Å². The molecule has 0 saturated heterocycles. The molecule has 0 unspecified atom stereocenters. The van der Waals surface area contributed by atoms with E-state index in [4.69, 9.17) is 4.74 Å². The smallest absolute Gasteiger partial charge is 0.259 e. The summed E-state index contributed by atoms with van der Waals surface area (Å²) in [5.41, 5.74) is 3.19. The largest absolute Gasteiger partial charge is 0.504 e. The second-order valence-corrected chi connectivity index (χ2v) is 4.86. The zero-order valence-electron chi connectivity index (χ0n) is 11.6. The van der Waals surface area contributed by atoms with Crippen LogP contribution in [0.3, 0.4) is 0 Å². The number of hydrogen-bond donors (Lipinski definition) is 3. The minimum absolute atomic E-state index is 0.152. The van der Waals surface area contributed by atoms with Gasteiger partial charge in [-0.15, -0.1) is 0 Å². The number of benzene rings is 2. The van der Waals surface area contributed by atoms with Gasteiger partial charge in [-0.25, -0.2) is 0 Å². The Morgan fingerprint density at radius 1 is 1.33 bits per heavy atom. The van der Waals surface area contributed by atoms with Crippen LogP contribution in [0.2, 0.25) is 0 Å². The summed E-state index contributed by atoms with van der Waals surface area (Å²) in [7, 11) is 1.45. The van der Waals surface area contributed by atoms with Crippen LogP contribution in [0.4, 0.5) is 11.4 Å². The highest BCUT2D eigenvalue weighted by molar-refractivity contribution is 6.06. The van der Waals surface area contributed by atoms with Crippen LogP contribution in [0.25, 0.3) is 0 Å². The van der Waals surface area contributed by atoms with Gasteiger partial charge < -0.3 is 20.5 Å². The average Bonchev–Trinajstić information content (AvgIpc) is 2.95. The van der Waals surface area contributed by atoms with Gasteiger partial charge >= 0.3 is 0 Å². The maximum absolute atomic E-state index is 12.3. The van der Waals surface area contributed by atoms with Crippen molar-refractivity contribution < 1.29 is 14.6 Å². The fourth-order valence-electron chi connectivity index (χ4n) is 2.45. The quantitative estimate of drug-likeness (QED) is 0.810. The molecule has 3 N–H and O–H groups in total. The van der Waals surface area contributed by atoms with E-state index in [9.17, 15) is 9.90 Å². The van der Waals surface area contributed by atoms with Crippen LogP contribution in [0, 0.1) is 0 Å². The lowest BCUT2D eigenvalue weighted by atomic mass is 10.1. The zero-order chi connectivity index (χ0) is 14.8. The molecule has 3 rings (SSSR count). The Labute approximate surface area is 122 Å². The summed E-state index contributed by atoms with van der Waals surface area (Å²) >= 11 is 0. The fraction of sp³-hybridized carbons (Fsp3) is 0.188. The molecule has 0 bridgehead atoms. The lowest BCUT2D eigenvalue weighted by molar-refractivity contribution is 0.102. The van der Waals surface area contributed by atoms with E-state index in [-0.39, 0.29) is 23.0 Å². The van der Waals surface area contributed by atoms with Crippen molar-refractivity contribution in [1.29, 1.82) is 0 Å². The number of ether oxygens (including phenoxy) is 1. The number of hydrogen-bond acceptors (Lipinski definition) is 4. The van der Waals surface area contributed by atoms with E-state index in [1.165, 1.54) is 12.7 Å². The van der Waals surface area contributed by atoms with E-state index in [1.807, 2.05) is 18.2 Å². The van der Waals surface area contributed by atoms with Gasteiger partial charge in [0.05, 0.1) is 12.7 Å². The molecule has 1 aliphatic heterocycles. The number of para-hydroxylation sites is 1. The molecule has 0 radical (unpaired) electrons. The summed E-state index contributed by atoms with van der Waals surface area (Å²) in [6.07, 6.45) is 0.948. The summed E-state index contributed by atoms with van der Waals surface area (Å²) in [5.74, 6) is -0.238. The molecule has 0 aromatic heterocycles. The number of carbonyl (C=O) groups excluding carboxylic acids is 1. The first kappa shape index (κ1) is 13.3. The van der Waals surface area contributed by atoms with Gasteiger partial charge in [0.15, 0.2) is 11.5 Å². The second kappa shape index (κ2) is 5.36. The molecule has 0 spiro atoms. The van der Waals surface area contributed by atoms with Crippen molar-refractivity contribution in [3.8, 4) is 11.5 Å². The van der Waals surface area contributed by atoms with Gasteiger partial charge in [0.25, 0.3) is 5.91 Å². The minimum atomic E-state index is -0.364. The van der Waals surface area contributed by atoms with Crippen molar-refractivity contribution in [2.24, 2.45) is 0 Å². The van der Waals surface area contributed by atoms with Gasteiger partial charge in [-0.05, 0) is 42.3 Å². The lowest BCUT2D eigenvalue weighted by Crippen LogP contribution is -2.12. The fourth-order valence-corrected chi connectivity index (χ4v) is 2.45. The molecule has 0 aliphatic carbocycles. The molecule has 21 heavy (non-hydrogen) atoms. The Morgan fingerprint density at radius 3 is 3.00 bits per heavy atom. The first-order chi connectivity index (χ1) is 10.2. The van der Waals surface area contributed by atoms with E-state index >= 15 is 0 Å². The Morgan fingerprint density at radius 2 is 2.19 bits per heavy atom. The molecular formula is C16H16N2O3. The van der Waals surface area contributed by atoms with Gasteiger partial charge in [-0.1, -0.05) is 6.07 Å². The number of carbonyl (C=O) groups is 1. The zero-order valence-corrected chi connectivity index (χ0v) is 11.6. The number of methoxy groups -OCH3 is 1. The van der Waals surface area contributed by atoms with E-state index < -0.39 is 0 Å². The van der Waals surface area contributed by atoms with Gasteiger partial charge in [-0.3, -0.25) is 4.79 Å². The van der Waals surface area contributed by atoms with Gasteiger partial charge in [0.2, 0.25) is 0 Å². The molecule has 1 amide bonds. The minimum Gasteiger partial charge on any atom is -0.504 e. The SMILES string of the molecule is COc1cccc(C(=O)Nc2ccc3c(c2)CCN3)c1O. The molecule has 0 atom stereocenters. The van der Waals surface area contributed by atoms with Crippen molar-refractivity contribution in [2.45, 2.75) is 6.42 Å². The number of nitrogens with one attached hydrogen (secondary N) is 2. The van der Waals surface area contributed by atoms with E-state index in [0.717, 1.165) is 18.7 Å². The normalized spacial score (nSPS) is 12.4. The number of fused-ring (bicyclic) bond motifs is 1. The molecule has 1 heterocycles. The monoisotopic (exact) mass is 284 g/mol. The highest BCUT2D eigenvalue weighted by Gasteiger charge is 2.16. The predicted molar refractivity (Wildman–Crippen MR) is 81.2 cm³/mol. The van der Waals surface area contributed by atoms with Crippen LogP contribution in [0.1, 0.15) is 15.9 Å². The Balaban J connectivity index is 1.83. The Bertz CT molecular complexity index is 698. The highest BCUT2D eigenvalue weighted by atomic mass is 16.5. The number of phenolic OH excluding ortho intramolecular Hbond substituents is 1. The number of aromatic hydroxyl groups is 1. The summed E-state index contributed by atoms with van der Waals surface area (Å²) in [6.45, 7) is 0.920. The van der Waals surface area contributed by atoms with Crippen LogP contribution < -0.4 is 15.4 Å². The van der Waals surface area contributed by atoms with Gasteiger partial charge in [-0.2, -0.15) is 0 Å². The first-order valence-electron chi connectivity index (χ1n) is 6.73. The van der Waals surface area contributed by atoms with Gasteiger partial charge in [0, 0.05) is 17.9 Å². The number of anilines is 2. The predicted octanol–water partition coefficient (Wildman–Crippen LogP) is 2.62. The molecule has 5 nitrogen and oxygen atoms in total. The number of phenols is 1. The first-order valence-corrected chi connectivity index (χ1v) is 6.73. The molecule has 0 saturated carbocycles. The van der Waals surface area contributed by atoms with Crippen molar-refractivity contribution in [3.63, 3.8) is 0 Å². The van der Waals surface area contributed by atoms with Crippen molar-refractivity contribution in [2.75, 3.05) is 24.3 Å². The summed E-state index contributed by atoms with van der Waals surface area (Å²) in [6, 6.07) is 10.6. The van der Waals surface area contributed by atoms with Crippen LogP contribution >= 0.6 is 0 Å². The standard InChI is InChI=1S/C16H16N2O3/c1-21-14-4-2-3-12(15(14)19)16(20)18-11-5-6-13-10(9-11)7-8-17-13/h2-6,9,17,19H,7-8H2,1H3,(H,18,20). The van der Waals surface area contributed by atoms with E-state index in [2.05, 4.69) is 10.6 Å². The molecule has 2 aromatic rings. The van der Waals surface area contributed by atoms with Crippen molar-refractivity contribution >= 4 is 17.3 Å². The van der Waals surface area contributed by atoms with Crippen LogP contribution in [0.5, 0.6) is 11.5 Å². The maximum Gasteiger partial charge on any atom is 0.259 e.